The number of anilines is 1. The van der Waals surface area contributed by atoms with Crippen molar-refractivity contribution in [1.29, 1.82) is 0 Å². The minimum atomic E-state index is -0.513. The first kappa shape index (κ1) is 20.9. The van der Waals surface area contributed by atoms with Gasteiger partial charge < -0.3 is 10.1 Å². The number of carbonyl (C=O) groups is 1. The van der Waals surface area contributed by atoms with Crippen LogP contribution in [0.5, 0.6) is 5.75 Å². The molecule has 1 amide bonds. The molecule has 0 radical (unpaired) electrons. The Kier molecular flexibility index (Phi) is 7.24. The minimum Gasteiger partial charge on any atom is -0.481 e. The number of para-hydroxylation sites is 1. The van der Waals surface area contributed by atoms with E-state index in [2.05, 4.69) is 27.8 Å². The number of benzene rings is 2. The van der Waals surface area contributed by atoms with Gasteiger partial charge in [-0.05, 0) is 43.2 Å². The number of carbonyl (C=O) groups excluding carboxylic acids is 1. The average Bonchev–Trinajstić information content (AvgIpc) is 3.19. The topological polar surface area (TPSA) is 75.1 Å². The smallest absolute Gasteiger partial charge is 0.277 e. The Morgan fingerprint density at radius 3 is 2.72 bits per heavy atom. The van der Waals surface area contributed by atoms with Crippen molar-refractivity contribution in [2.45, 2.75) is 25.5 Å². The van der Waals surface area contributed by atoms with E-state index in [1.807, 2.05) is 24.3 Å². The van der Waals surface area contributed by atoms with E-state index < -0.39 is 11.7 Å². The summed E-state index contributed by atoms with van der Waals surface area (Å²) in [5.41, 5.74) is 4.89. The van der Waals surface area contributed by atoms with Crippen LogP contribution < -0.4 is 15.5 Å². The zero-order chi connectivity index (χ0) is 20.6. The summed E-state index contributed by atoms with van der Waals surface area (Å²) in [6, 6.07) is 13.6. The SMILES string of the molecule is CC[C@H]1CN=C(Nc2ccc(/C(C)=N\NC(=O)COc3ccccc3F)cc2)S1. The number of hydrogen-bond acceptors (Lipinski definition) is 6. The van der Waals surface area contributed by atoms with E-state index >= 15 is 0 Å². The number of rotatable bonds is 7. The number of nitrogens with zero attached hydrogens (tertiary/aromatic N) is 2. The Morgan fingerprint density at radius 1 is 1.28 bits per heavy atom. The van der Waals surface area contributed by atoms with Gasteiger partial charge in [-0.15, -0.1) is 0 Å². The molecule has 2 N–H and O–H groups in total. The molecule has 152 valence electrons. The lowest BCUT2D eigenvalue weighted by Crippen LogP contribution is -2.25. The molecule has 0 fully saturated rings. The quantitative estimate of drug-likeness (QED) is 0.530. The van der Waals surface area contributed by atoms with E-state index in [4.69, 9.17) is 4.74 Å². The first-order valence-electron chi connectivity index (χ1n) is 9.34. The third kappa shape index (κ3) is 6.05. The maximum Gasteiger partial charge on any atom is 0.277 e. The molecular weight excluding hydrogens is 391 g/mol. The number of hydrazone groups is 1. The van der Waals surface area contributed by atoms with Crippen molar-refractivity contribution in [3.05, 3.63) is 59.9 Å². The Labute approximate surface area is 173 Å². The largest absolute Gasteiger partial charge is 0.481 e. The van der Waals surface area contributed by atoms with Crippen LogP contribution in [0.15, 0.2) is 58.6 Å². The van der Waals surface area contributed by atoms with E-state index in [0.717, 1.165) is 29.4 Å². The van der Waals surface area contributed by atoms with E-state index in [-0.39, 0.29) is 12.4 Å². The molecule has 2 aromatic rings. The third-order valence-corrected chi connectivity index (χ3v) is 5.54. The predicted molar refractivity (Wildman–Crippen MR) is 116 cm³/mol. The van der Waals surface area contributed by atoms with Gasteiger partial charge >= 0.3 is 0 Å². The lowest BCUT2D eigenvalue weighted by Gasteiger charge is -2.08. The van der Waals surface area contributed by atoms with Gasteiger partial charge in [0.05, 0.1) is 12.3 Å². The second-order valence-electron chi connectivity index (χ2n) is 6.45. The zero-order valence-corrected chi connectivity index (χ0v) is 17.1. The Balaban J connectivity index is 1.49. The van der Waals surface area contributed by atoms with Crippen molar-refractivity contribution < 1.29 is 13.9 Å². The average molecular weight is 415 g/mol. The summed E-state index contributed by atoms with van der Waals surface area (Å²) in [6.45, 7) is 4.49. The normalized spacial score (nSPS) is 16.3. The van der Waals surface area contributed by atoms with Crippen LogP contribution in [0, 0.1) is 5.82 Å². The monoisotopic (exact) mass is 414 g/mol. The summed E-state index contributed by atoms with van der Waals surface area (Å²) in [5, 5.41) is 8.89. The van der Waals surface area contributed by atoms with Crippen LogP contribution in [0.1, 0.15) is 25.8 Å². The van der Waals surface area contributed by atoms with Crippen molar-refractivity contribution in [1.82, 2.24) is 5.43 Å². The summed E-state index contributed by atoms with van der Waals surface area (Å²) in [6.07, 6.45) is 1.10. The van der Waals surface area contributed by atoms with Gasteiger partial charge in [0.1, 0.15) is 0 Å². The van der Waals surface area contributed by atoms with Gasteiger partial charge in [0.2, 0.25) is 0 Å². The number of amidine groups is 1. The van der Waals surface area contributed by atoms with E-state index in [1.165, 1.54) is 12.1 Å². The number of halogens is 1. The van der Waals surface area contributed by atoms with Gasteiger partial charge in [0.25, 0.3) is 5.91 Å². The predicted octanol–water partition coefficient (Wildman–Crippen LogP) is 4.04. The fraction of sp³-hybridized carbons (Fsp3) is 0.286. The van der Waals surface area contributed by atoms with Crippen LogP contribution in [0.2, 0.25) is 0 Å². The van der Waals surface area contributed by atoms with Crippen LogP contribution in [0.4, 0.5) is 10.1 Å². The van der Waals surface area contributed by atoms with Gasteiger partial charge in [0.15, 0.2) is 23.3 Å². The van der Waals surface area contributed by atoms with Crippen LogP contribution >= 0.6 is 11.8 Å². The number of aliphatic imine (C=N–C) groups is 1. The Morgan fingerprint density at radius 2 is 2.03 bits per heavy atom. The molecule has 6 nitrogen and oxygen atoms in total. The third-order valence-electron chi connectivity index (χ3n) is 4.27. The highest BCUT2D eigenvalue weighted by Gasteiger charge is 2.17. The maximum atomic E-state index is 13.5. The van der Waals surface area contributed by atoms with Crippen molar-refractivity contribution in [3.8, 4) is 5.75 Å². The molecule has 1 aliphatic rings. The van der Waals surface area contributed by atoms with Crippen molar-refractivity contribution in [2.75, 3.05) is 18.5 Å². The molecule has 8 heteroatoms. The Hall–Kier alpha value is -2.87. The lowest BCUT2D eigenvalue weighted by molar-refractivity contribution is -0.123. The molecule has 0 spiro atoms. The number of nitrogens with one attached hydrogen (secondary N) is 2. The molecule has 0 saturated carbocycles. The molecular formula is C21H23FN4O2S. The van der Waals surface area contributed by atoms with E-state index in [1.54, 1.807) is 30.8 Å². The lowest BCUT2D eigenvalue weighted by atomic mass is 10.1. The highest BCUT2D eigenvalue weighted by molar-refractivity contribution is 8.15. The molecule has 2 aromatic carbocycles. The molecule has 1 aliphatic heterocycles. The standard InChI is InChI=1S/C21H23FN4O2S/c1-3-17-12-23-21(29-17)24-16-10-8-15(9-11-16)14(2)25-26-20(27)13-28-19-7-5-4-6-18(19)22/h4-11,17H,3,12-13H2,1-2H3,(H,23,24)(H,26,27)/b25-14-/t17-/m0/s1. The van der Waals surface area contributed by atoms with Crippen LogP contribution in [-0.2, 0) is 4.79 Å². The first-order chi connectivity index (χ1) is 14.0. The molecule has 1 heterocycles. The molecule has 0 aliphatic carbocycles. The molecule has 0 aromatic heterocycles. The summed E-state index contributed by atoms with van der Waals surface area (Å²) in [5.74, 6) is -0.949. The van der Waals surface area contributed by atoms with Gasteiger partial charge in [-0.25, -0.2) is 9.82 Å². The first-order valence-corrected chi connectivity index (χ1v) is 10.2. The van der Waals surface area contributed by atoms with Crippen LogP contribution in [0.25, 0.3) is 0 Å². The number of amides is 1. The van der Waals surface area contributed by atoms with Crippen molar-refractivity contribution >= 4 is 34.2 Å². The second-order valence-corrected chi connectivity index (χ2v) is 7.74. The fourth-order valence-electron chi connectivity index (χ4n) is 2.56. The van der Waals surface area contributed by atoms with Gasteiger partial charge in [-0.3, -0.25) is 9.79 Å². The van der Waals surface area contributed by atoms with E-state index in [9.17, 15) is 9.18 Å². The molecule has 0 bridgehead atoms. The van der Waals surface area contributed by atoms with Gasteiger partial charge in [-0.2, -0.15) is 5.10 Å². The van der Waals surface area contributed by atoms with Gasteiger partial charge in [0, 0.05) is 10.9 Å². The van der Waals surface area contributed by atoms with E-state index in [0.29, 0.717) is 11.0 Å². The van der Waals surface area contributed by atoms with Crippen LogP contribution in [-0.4, -0.2) is 35.2 Å². The molecule has 1 atom stereocenters. The fourth-order valence-corrected chi connectivity index (χ4v) is 3.52. The highest BCUT2D eigenvalue weighted by Crippen LogP contribution is 2.24. The zero-order valence-electron chi connectivity index (χ0n) is 16.3. The summed E-state index contributed by atoms with van der Waals surface area (Å²) < 4.78 is 18.6. The molecule has 3 rings (SSSR count). The Bertz CT molecular complexity index is 915. The highest BCUT2D eigenvalue weighted by atomic mass is 32.2. The minimum absolute atomic E-state index is 0.0294. The second kappa shape index (κ2) is 10.1. The number of ether oxygens (including phenoxy) is 1. The molecule has 0 unspecified atom stereocenters. The molecule has 0 saturated heterocycles. The van der Waals surface area contributed by atoms with Gasteiger partial charge in [-0.1, -0.05) is 43.0 Å². The van der Waals surface area contributed by atoms with Crippen molar-refractivity contribution in [2.24, 2.45) is 10.1 Å². The maximum absolute atomic E-state index is 13.5. The summed E-state index contributed by atoms with van der Waals surface area (Å²) in [4.78, 5) is 16.4. The van der Waals surface area contributed by atoms with Crippen LogP contribution in [0.3, 0.4) is 0 Å². The number of hydrogen-bond donors (Lipinski definition) is 2. The summed E-state index contributed by atoms with van der Waals surface area (Å²) in [7, 11) is 0. The summed E-state index contributed by atoms with van der Waals surface area (Å²) >= 11 is 1.76. The van der Waals surface area contributed by atoms with Crippen molar-refractivity contribution in [3.63, 3.8) is 0 Å². The number of thioether (sulfide) groups is 1. The molecule has 29 heavy (non-hydrogen) atoms.